The lowest BCUT2D eigenvalue weighted by molar-refractivity contribution is 0.796. The van der Waals surface area contributed by atoms with Gasteiger partial charge in [-0.1, -0.05) is 27.7 Å². The lowest BCUT2D eigenvalue weighted by Gasteiger charge is -2.01. The highest BCUT2D eigenvalue weighted by molar-refractivity contribution is 5.70. The Hall–Kier alpha value is -1.38. The molecule has 80 valence electrons. The second kappa shape index (κ2) is 3.65. The number of H-pyrrole nitrogens is 1. The second-order valence-corrected chi connectivity index (χ2v) is 4.54. The molecule has 0 unspecified atom stereocenters. The van der Waals surface area contributed by atoms with Gasteiger partial charge in [0.25, 0.3) is 0 Å². The highest BCUT2D eigenvalue weighted by Crippen LogP contribution is 2.18. The van der Waals surface area contributed by atoms with Crippen molar-refractivity contribution in [3.05, 3.63) is 23.7 Å². The average molecular weight is 203 g/mol. The minimum absolute atomic E-state index is 0.418. The van der Waals surface area contributed by atoms with E-state index < -0.39 is 0 Å². The highest BCUT2D eigenvalue weighted by atomic mass is 15.0. The number of hydrogen-bond acceptors (Lipinski definition) is 2. The number of nitrogens with one attached hydrogen (secondary N) is 1. The van der Waals surface area contributed by atoms with Crippen molar-refractivity contribution < 1.29 is 0 Å². The molecule has 0 aliphatic carbocycles. The highest BCUT2D eigenvalue weighted by Gasteiger charge is 2.08. The van der Waals surface area contributed by atoms with Gasteiger partial charge in [-0.25, -0.2) is 9.97 Å². The van der Waals surface area contributed by atoms with Gasteiger partial charge in [0.1, 0.15) is 5.82 Å². The van der Waals surface area contributed by atoms with Crippen LogP contribution in [0.4, 0.5) is 0 Å². The molecule has 0 aromatic carbocycles. The van der Waals surface area contributed by atoms with Crippen molar-refractivity contribution in [2.24, 2.45) is 0 Å². The normalized spacial score (nSPS) is 11.9. The number of nitrogens with zero attached hydrogens (tertiary/aromatic N) is 2. The van der Waals surface area contributed by atoms with Crippen LogP contribution in [0.15, 0.2) is 12.1 Å². The fraction of sp³-hybridized carbons (Fsp3) is 0.500. The third-order valence-electron chi connectivity index (χ3n) is 2.52. The second-order valence-electron chi connectivity index (χ2n) is 4.54. The standard InChI is InChI=1S/C12H17N3/c1-7(2)9-5-6-10-12(13-9)15-11(14-10)8(3)4/h5-8H,1-4H3,(H,13,14,15). The summed E-state index contributed by atoms with van der Waals surface area (Å²) >= 11 is 0. The van der Waals surface area contributed by atoms with Gasteiger partial charge >= 0.3 is 0 Å². The van der Waals surface area contributed by atoms with Gasteiger partial charge in [-0.05, 0) is 18.1 Å². The number of rotatable bonds is 2. The van der Waals surface area contributed by atoms with Crippen LogP contribution in [-0.4, -0.2) is 15.0 Å². The Balaban J connectivity index is 2.52. The van der Waals surface area contributed by atoms with E-state index in [9.17, 15) is 0 Å². The zero-order valence-corrected chi connectivity index (χ0v) is 9.70. The molecule has 0 spiro atoms. The maximum atomic E-state index is 4.54. The van der Waals surface area contributed by atoms with Gasteiger partial charge in [-0.2, -0.15) is 0 Å². The van der Waals surface area contributed by atoms with E-state index in [-0.39, 0.29) is 0 Å². The van der Waals surface area contributed by atoms with Crippen LogP contribution in [0, 0.1) is 0 Å². The predicted octanol–water partition coefficient (Wildman–Crippen LogP) is 3.20. The minimum atomic E-state index is 0.418. The number of fused-ring (bicyclic) bond motifs is 1. The van der Waals surface area contributed by atoms with Crippen molar-refractivity contribution in [3.8, 4) is 0 Å². The molecule has 2 rings (SSSR count). The number of imidazole rings is 1. The summed E-state index contributed by atoms with van der Waals surface area (Å²) in [6.45, 7) is 8.54. The molecule has 1 N–H and O–H groups in total. The van der Waals surface area contributed by atoms with Crippen molar-refractivity contribution in [2.45, 2.75) is 39.5 Å². The molecule has 3 heteroatoms. The summed E-state index contributed by atoms with van der Waals surface area (Å²) < 4.78 is 0. The Morgan fingerprint density at radius 3 is 2.33 bits per heavy atom. The third kappa shape index (κ3) is 1.87. The maximum absolute atomic E-state index is 4.54. The van der Waals surface area contributed by atoms with Gasteiger partial charge in [0, 0.05) is 11.6 Å². The van der Waals surface area contributed by atoms with E-state index in [4.69, 9.17) is 0 Å². The first-order valence-corrected chi connectivity index (χ1v) is 5.44. The molecule has 0 aliphatic heterocycles. The van der Waals surface area contributed by atoms with Crippen molar-refractivity contribution in [1.29, 1.82) is 0 Å². The molecule has 0 bridgehead atoms. The molecule has 3 nitrogen and oxygen atoms in total. The van der Waals surface area contributed by atoms with E-state index >= 15 is 0 Å². The molecule has 0 amide bonds. The number of pyridine rings is 1. The number of aromatic amines is 1. The summed E-state index contributed by atoms with van der Waals surface area (Å²) in [6, 6.07) is 4.13. The maximum Gasteiger partial charge on any atom is 0.177 e. The lowest BCUT2D eigenvalue weighted by atomic mass is 10.1. The summed E-state index contributed by atoms with van der Waals surface area (Å²) in [7, 11) is 0. The minimum Gasteiger partial charge on any atom is -0.340 e. The van der Waals surface area contributed by atoms with E-state index in [1.54, 1.807) is 0 Å². The van der Waals surface area contributed by atoms with Gasteiger partial charge in [-0.15, -0.1) is 0 Å². The number of hydrogen-bond donors (Lipinski definition) is 1. The van der Waals surface area contributed by atoms with Crippen LogP contribution < -0.4 is 0 Å². The summed E-state index contributed by atoms with van der Waals surface area (Å²) in [6.07, 6.45) is 0. The van der Waals surface area contributed by atoms with Crippen LogP contribution >= 0.6 is 0 Å². The summed E-state index contributed by atoms with van der Waals surface area (Å²) in [5.41, 5.74) is 2.97. The van der Waals surface area contributed by atoms with Crippen LogP contribution in [0.25, 0.3) is 11.2 Å². The average Bonchev–Trinajstić information content (AvgIpc) is 2.59. The zero-order valence-electron chi connectivity index (χ0n) is 9.70. The molecular weight excluding hydrogens is 186 g/mol. The molecular formula is C12H17N3. The van der Waals surface area contributed by atoms with Crippen molar-refractivity contribution >= 4 is 11.2 Å². The lowest BCUT2D eigenvalue weighted by Crippen LogP contribution is -1.92. The Labute approximate surface area is 90.0 Å². The van der Waals surface area contributed by atoms with Gasteiger partial charge in [0.2, 0.25) is 0 Å². The molecule has 0 saturated carbocycles. The van der Waals surface area contributed by atoms with Gasteiger partial charge in [0.05, 0.1) is 5.52 Å². The molecule has 0 saturated heterocycles. The van der Waals surface area contributed by atoms with Crippen LogP contribution in [0.3, 0.4) is 0 Å². The Morgan fingerprint density at radius 1 is 1.00 bits per heavy atom. The first-order valence-electron chi connectivity index (χ1n) is 5.44. The Morgan fingerprint density at radius 2 is 1.73 bits per heavy atom. The fourth-order valence-corrected chi connectivity index (χ4v) is 1.52. The van der Waals surface area contributed by atoms with Crippen LogP contribution in [-0.2, 0) is 0 Å². The van der Waals surface area contributed by atoms with Crippen molar-refractivity contribution in [1.82, 2.24) is 15.0 Å². The molecule has 2 aromatic heterocycles. The molecule has 0 atom stereocenters. The van der Waals surface area contributed by atoms with Gasteiger partial charge < -0.3 is 4.98 Å². The first kappa shape index (κ1) is 10.1. The SMILES string of the molecule is CC(C)c1ccc2[nH]c(C(C)C)nc2n1. The molecule has 15 heavy (non-hydrogen) atoms. The predicted molar refractivity (Wildman–Crippen MR) is 62.1 cm³/mol. The van der Waals surface area contributed by atoms with Gasteiger partial charge in [0.15, 0.2) is 5.65 Å². The fourth-order valence-electron chi connectivity index (χ4n) is 1.52. The van der Waals surface area contributed by atoms with E-state index in [1.807, 2.05) is 0 Å². The summed E-state index contributed by atoms with van der Waals surface area (Å²) in [5, 5.41) is 0. The van der Waals surface area contributed by atoms with E-state index in [0.717, 1.165) is 22.7 Å². The summed E-state index contributed by atoms with van der Waals surface area (Å²) in [4.78, 5) is 12.3. The monoisotopic (exact) mass is 203 g/mol. The third-order valence-corrected chi connectivity index (χ3v) is 2.52. The van der Waals surface area contributed by atoms with Crippen molar-refractivity contribution in [3.63, 3.8) is 0 Å². The van der Waals surface area contributed by atoms with Crippen molar-refractivity contribution in [2.75, 3.05) is 0 Å². The molecule has 2 heterocycles. The van der Waals surface area contributed by atoms with E-state index in [0.29, 0.717) is 11.8 Å². The molecule has 0 fully saturated rings. The quantitative estimate of drug-likeness (QED) is 0.814. The molecule has 0 radical (unpaired) electrons. The van der Waals surface area contributed by atoms with E-state index in [2.05, 4.69) is 54.8 Å². The smallest absolute Gasteiger partial charge is 0.177 e. The largest absolute Gasteiger partial charge is 0.340 e. The summed E-state index contributed by atoms with van der Waals surface area (Å²) in [5.74, 6) is 1.88. The number of aromatic nitrogens is 3. The van der Waals surface area contributed by atoms with Crippen LogP contribution in [0.1, 0.15) is 51.0 Å². The topological polar surface area (TPSA) is 41.6 Å². The van der Waals surface area contributed by atoms with Gasteiger partial charge in [-0.3, -0.25) is 0 Å². The first-order chi connectivity index (χ1) is 7.08. The Kier molecular flexibility index (Phi) is 2.47. The molecule has 2 aromatic rings. The molecule has 0 aliphatic rings. The van der Waals surface area contributed by atoms with E-state index in [1.165, 1.54) is 0 Å². The van der Waals surface area contributed by atoms with Crippen LogP contribution in [0.5, 0.6) is 0 Å². The Bertz CT molecular complexity index is 463. The van der Waals surface area contributed by atoms with Crippen LogP contribution in [0.2, 0.25) is 0 Å². The zero-order chi connectivity index (χ0) is 11.0.